The molecule has 0 aliphatic carbocycles. The largest absolute Gasteiger partial charge is 0.307 e. The van der Waals surface area contributed by atoms with Gasteiger partial charge >= 0.3 is 0 Å². The maximum absolute atomic E-state index is 13.0. The number of benzene rings is 1. The third-order valence-corrected chi connectivity index (χ3v) is 5.48. The van der Waals surface area contributed by atoms with Gasteiger partial charge in [-0.05, 0) is 18.2 Å². The van der Waals surface area contributed by atoms with Gasteiger partial charge in [0.25, 0.3) is 0 Å². The molecule has 4 heterocycles. The molecule has 3 aromatic rings. The zero-order valence-electron chi connectivity index (χ0n) is 15.1. The summed E-state index contributed by atoms with van der Waals surface area (Å²) in [6.07, 6.45) is 3.92. The monoisotopic (exact) mass is 374 g/mol. The molecule has 1 aromatic carbocycles. The second-order valence-corrected chi connectivity index (χ2v) is 7.00. The lowest BCUT2D eigenvalue weighted by atomic mass is 10.1. The van der Waals surface area contributed by atoms with Crippen LogP contribution in [0.15, 0.2) is 36.5 Å². The number of carbonyl (C=O) groups is 1. The zero-order valence-corrected chi connectivity index (χ0v) is 15.1. The Labute approximate surface area is 161 Å². The fourth-order valence-electron chi connectivity index (χ4n) is 3.96. The Morgan fingerprint density at radius 1 is 1.11 bits per heavy atom. The molecule has 2 aromatic heterocycles. The van der Waals surface area contributed by atoms with E-state index in [4.69, 9.17) is 5.26 Å². The second-order valence-electron chi connectivity index (χ2n) is 7.00. The van der Waals surface area contributed by atoms with Crippen molar-refractivity contribution in [2.75, 3.05) is 37.6 Å². The number of nitriles is 1. The molecular formula is C19H18N8O. The summed E-state index contributed by atoms with van der Waals surface area (Å²) in [7, 11) is 0. The minimum atomic E-state index is -0.302. The number of aromatic nitrogens is 4. The predicted molar refractivity (Wildman–Crippen MR) is 102 cm³/mol. The van der Waals surface area contributed by atoms with Crippen molar-refractivity contribution in [2.45, 2.75) is 6.04 Å². The zero-order chi connectivity index (χ0) is 19.1. The van der Waals surface area contributed by atoms with Crippen LogP contribution in [0.4, 0.5) is 5.82 Å². The van der Waals surface area contributed by atoms with Crippen molar-refractivity contribution >= 4 is 22.6 Å². The molecular weight excluding hydrogens is 356 g/mol. The molecule has 28 heavy (non-hydrogen) atoms. The van der Waals surface area contributed by atoms with Gasteiger partial charge in [0.15, 0.2) is 12.0 Å². The third-order valence-electron chi connectivity index (χ3n) is 5.48. The molecule has 2 aliphatic heterocycles. The topological polar surface area (TPSA) is 105 Å². The van der Waals surface area contributed by atoms with Crippen molar-refractivity contribution in [3.8, 4) is 17.5 Å². The maximum Gasteiger partial charge on any atom is 0.247 e. The van der Waals surface area contributed by atoms with E-state index >= 15 is 0 Å². The molecule has 1 N–H and O–H groups in total. The Kier molecular flexibility index (Phi) is 3.91. The molecule has 9 nitrogen and oxygen atoms in total. The number of carbonyl (C=O) groups excluding carboxylic acids is 1. The van der Waals surface area contributed by atoms with E-state index in [0.29, 0.717) is 25.5 Å². The van der Waals surface area contributed by atoms with Gasteiger partial charge in [-0.25, -0.2) is 0 Å². The van der Waals surface area contributed by atoms with Crippen molar-refractivity contribution in [1.82, 2.24) is 30.2 Å². The van der Waals surface area contributed by atoms with Crippen molar-refractivity contribution in [3.63, 3.8) is 0 Å². The van der Waals surface area contributed by atoms with Crippen molar-refractivity contribution < 1.29 is 4.79 Å². The fraction of sp³-hybridized carbons (Fsp3) is 0.316. The van der Waals surface area contributed by atoms with Crippen LogP contribution >= 0.6 is 0 Å². The lowest BCUT2D eigenvalue weighted by Crippen LogP contribution is -2.64. The number of amides is 1. The van der Waals surface area contributed by atoms with Crippen LogP contribution in [-0.2, 0) is 4.79 Å². The number of rotatable bonds is 2. The quantitative estimate of drug-likeness (QED) is 0.663. The average Bonchev–Trinajstić information content (AvgIpc) is 3.23. The van der Waals surface area contributed by atoms with Crippen molar-refractivity contribution in [2.24, 2.45) is 0 Å². The number of hydrogen-bond acceptors (Lipinski definition) is 7. The van der Waals surface area contributed by atoms with E-state index in [9.17, 15) is 4.79 Å². The first-order chi connectivity index (χ1) is 13.7. The van der Waals surface area contributed by atoms with Gasteiger partial charge in [0, 0.05) is 37.1 Å². The normalized spacial score (nSPS) is 20.2. The number of nitrogens with zero attached hydrogens (tertiary/aromatic N) is 7. The molecule has 0 saturated carbocycles. The summed E-state index contributed by atoms with van der Waals surface area (Å²) in [6, 6.07) is 9.29. The molecule has 1 amide bonds. The van der Waals surface area contributed by atoms with Crippen LogP contribution in [0.5, 0.6) is 0 Å². The lowest BCUT2D eigenvalue weighted by Gasteiger charge is -2.44. The van der Waals surface area contributed by atoms with Crippen LogP contribution < -0.4 is 4.90 Å². The van der Waals surface area contributed by atoms with Crippen LogP contribution in [0.25, 0.3) is 22.2 Å². The van der Waals surface area contributed by atoms with Crippen LogP contribution in [0.2, 0.25) is 0 Å². The van der Waals surface area contributed by atoms with E-state index in [2.05, 4.69) is 31.5 Å². The summed E-state index contributed by atoms with van der Waals surface area (Å²) in [5, 5.41) is 25.9. The molecule has 0 bridgehead atoms. The van der Waals surface area contributed by atoms with Crippen LogP contribution in [0.3, 0.4) is 0 Å². The highest BCUT2D eigenvalue weighted by Gasteiger charge is 2.39. The molecule has 9 heteroatoms. The molecule has 1 atom stereocenters. The molecule has 2 aliphatic rings. The van der Waals surface area contributed by atoms with E-state index in [1.807, 2.05) is 30.3 Å². The summed E-state index contributed by atoms with van der Waals surface area (Å²) in [5.41, 5.74) is 2.61. The van der Waals surface area contributed by atoms with Gasteiger partial charge in [0.05, 0.1) is 24.0 Å². The Morgan fingerprint density at radius 2 is 2.00 bits per heavy atom. The van der Waals surface area contributed by atoms with Gasteiger partial charge in [-0.2, -0.15) is 10.4 Å². The minimum Gasteiger partial charge on any atom is -0.307 e. The van der Waals surface area contributed by atoms with E-state index in [-0.39, 0.29) is 11.9 Å². The maximum atomic E-state index is 13.0. The molecule has 140 valence electrons. The summed E-state index contributed by atoms with van der Waals surface area (Å²) in [5.74, 6) is 0.520. The highest BCUT2D eigenvalue weighted by molar-refractivity contribution is 5.98. The number of fused-ring (bicyclic) bond motifs is 2. The highest BCUT2D eigenvalue weighted by Crippen LogP contribution is 2.27. The number of aromatic amines is 1. The van der Waals surface area contributed by atoms with Gasteiger partial charge in [-0.15, -0.1) is 10.2 Å². The van der Waals surface area contributed by atoms with Gasteiger partial charge in [0.2, 0.25) is 5.91 Å². The Hall–Kier alpha value is -3.51. The first kappa shape index (κ1) is 16.6. The van der Waals surface area contributed by atoms with E-state index in [1.54, 1.807) is 16.0 Å². The summed E-state index contributed by atoms with van der Waals surface area (Å²) in [6.45, 7) is 3.19. The Morgan fingerprint density at radius 3 is 2.82 bits per heavy atom. The third kappa shape index (κ3) is 2.66. The summed E-state index contributed by atoms with van der Waals surface area (Å²) >= 11 is 0. The Bertz CT molecular complexity index is 1070. The Balaban J connectivity index is 1.41. The number of hydrogen-bond donors (Lipinski definition) is 1. The summed E-state index contributed by atoms with van der Waals surface area (Å²) < 4.78 is 0. The lowest BCUT2D eigenvalue weighted by molar-refractivity contribution is -0.127. The molecule has 0 radical (unpaired) electrons. The second kappa shape index (κ2) is 6.58. The smallest absolute Gasteiger partial charge is 0.247 e. The molecule has 1 unspecified atom stereocenters. The van der Waals surface area contributed by atoms with Crippen molar-refractivity contribution in [1.29, 1.82) is 5.26 Å². The number of nitrogens with one attached hydrogen (secondary N) is 1. The van der Waals surface area contributed by atoms with Crippen molar-refractivity contribution in [3.05, 3.63) is 36.5 Å². The number of anilines is 1. The van der Waals surface area contributed by atoms with Gasteiger partial charge < -0.3 is 4.90 Å². The van der Waals surface area contributed by atoms with E-state index < -0.39 is 0 Å². The minimum absolute atomic E-state index is 0.0230. The van der Waals surface area contributed by atoms with E-state index in [1.165, 1.54) is 0 Å². The standard InChI is InChI=1S/C19H18N8O/c20-12-25-6-7-26-8-9-27(19(28)17(26)11-25)18-5-4-16(23-24-18)13-2-1-3-15-14(13)10-21-22-15/h1-5,10,17H,6-9,11H2,(H,21,22). The number of piperazine rings is 2. The number of H-pyrrole nitrogens is 1. The predicted octanol–water partition coefficient (Wildman–Crippen LogP) is 0.834. The van der Waals surface area contributed by atoms with Gasteiger partial charge in [0.1, 0.15) is 6.04 Å². The van der Waals surface area contributed by atoms with Crippen LogP contribution in [0, 0.1) is 11.5 Å². The molecule has 2 fully saturated rings. The molecule has 0 spiro atoms. The van der Waals surface area contributed by atoms with E-state index in [0.717, 1.165) is 35.2 Å². The average molecular weight is 374 g/mol. The van der Waals surface area contributed by atoms with Crippen LogP contribution in [-0.4, -0.2) is 74.9 Å². The first-order valence-corrected chi connectivity index (χ1v) is 9.21. The van der Waals surface area contributed by atoms with Crippen LogP contribution in [0.1, 0.15) is 0 Å². The molecule has 2 saturated heterocycles. The van der Waals surface area contributed by atoms with Gasteiger partial charge in [-0.1, -0.05) is 12.1 Å². The highest BCUT2D eigenvalue weighted by atomic mass is 16.2. The SMILES string of the molecule is N#CN1CCN2CCN(c3ccc(-c4cccc5[nH]ncc45)nn3)C(=O)C2C1. The molecule has 5 rings (SSSR count). The fourth-order valence-corrected chi connectivity index (χ4v) is 3.96. The first-order valence-electron chi connectivity index (χ1n) is 9.21. The summed E-state index contributed by atoms with van der Waals surface area (Å²) in [4.78, 5) is 18.5. The van der Waals surface area contributed by atoms with Gasteiger partial charge in [-0.3, -0.25) is 19.7 Å².